The highest BCUT2D eigenvalue weighted by Crippen LogP contribution is 2.30. The summed E-state index contributed by atoms with van der Waals surface area (Å²) in [6.07, 6.45) is 4.93. The Hall–Kier alpha value is -1.15. The second kappa shape index (κ2) is 9.57. The summed E-state index contributed by atoms with van der Waals surface area (Å²) in [5.74, 6) is 1.07. The smallest absolute Gasteiger partial charge is 0.193 e. The predicted molar refractivity (Wildman–Crippen MR) is 116 cm³/mol. The molecule has 6 nitrogen and oxygen atoms in total. The molecule has 4 heterocycles. The van der Waals surface area contributed by atoms with Crippen molar-refractivity contribution in [3.8, 4) is 0 Å². The largest absolute Gasteiger partial charge is 0.381 e. The first-order chi connectivity index (χ1) is 13.8. The summed E-state index contributed by atoms with van der Waals surface area (Å²) < 4.78 is 5.69. The molecule has 0 saturated carbocycles. The first kappa shape index (κ1) is 20.1. The van der Waals surface area contributed by atoms with Crippen LogP contribution in [0.1, 0.15) is 30.6 Å². The summed E-state index contributed by atoms with van der Waals surface area (Å²) in [5.41, 5.74) is 0.242. The van der Waals surface area contributed by atoms with Crippen LogP contribution in [0.4, 0.5) is 0 Å². The molecule has 156 valence electrons. The molecule has 0 radical (unpaired) electrons. The Morgan fingerprint density at radius 2 is 1.89 bits per heavy atom. The van der Waals surface area contributed by atoms with Gasteiger partial charge in [-0.1, -0.05) is 6.07 Å². The Morgan fingerprint density at radius 3 is 2.54 bits per heavy atom. The lowest BCUT2D eigenvalue weighted by atomic mass is 9.88. The molecule has 0 spiro atoms. The maximum atomic E-state index is 5.69. The van der Waals surface area contributed by atoms with Crippen LogP contribution < -0.4 is 5.32 Å². The lowest BCUT2D eigenvalue weighted by Gasteiger charge is -2.45. The normalized spacial score (nSPS) is 24.6. The van der Waals surface area contributed by atoms with Gasteiger partial charge in [0.2, 0.25) is 0 Å². The van der Waals surface area contributed by atoms with E-state index in [0.717, 1.165) is 71.3 Å². The number of ether oxygens (including phenoxy) is 1. The first-order valence-electron chi connectivity index (χ1n) is 10.8. The Morgan fingerprint density at radius 1 is 1.14 bits per heavy atom. The highest BCUT2D eigenvalue weighted by molar-refractivity contribution is 7.09. The molecule has 1 N–H and O–H groups in total. The van der Waals surface area contributed by atoms with E-state index in [1.54, 1.807) is 0 Å². The van der Waals surface area contributed by atoms with Crippen molar-refractivity contribution in [1.29, 1.82) is 0 Å². The van der Waals surface area contributed by atoms with Crippen LogP contribution >= 0.6 is 11.3 Å². The van der Waals surface area contributed by atoms with Gasteiger partial charge in [-0.15, -0.1) is 11.3 Å². The van der Waals surface area contributed by atoms with Gasteiger partial charge in [0.1, 0.15) is 0 Å². The monoisotopic (exact) mass is 405 g/mol. The van der Waals surface area contributed by atoms with E-state index < -0.39 is 0 Å². The Balaban J connectivity index is 1.30. The fourth-order valence-corrected chi connectivity index (χ4v) is 5.61. The van der Waals surface area contributed by atoms with Crippen molar-refractivity contribution >= 4 is 17.3 Å². The number of thiophene rings is 1. The molecule has 0 bridgehead atoms. The van der Waals surface area contributed by atoms with Crippen LogP contribution in [0.15, 0.2) is 22.5 Å². The molecule has 0 aromatic carbocycles. The van der Waals surface area contributed by atoms with Gasteiger partial charge in [-0.25, -0.2) is 0 Å². The summed E-state index contributed by atoms with van der Waals surface area (Å²) in [4.78, 5) is 13.8. The minimum absolute atomic E-state index is 0.242. The topological polar surface area (TPSA) is 43.3 Å². The van der Waals surface area contributed by atoms with E-state index in [1.165, 1.54) is 30.8 Å². The van der Waals surface area contributed by atoms with Crippen molar-refractivity contribution in [3.63, 3.8) is 0 Å². The number of likely N-dealkylation sites (tertiary alicyclic amines) is 1. The molecule has 0 unspecified atom stereocenters. The van der Waals surface area contributed by atoms with Gasteiger partial charge < -0.3 is 15.0 Å². The highest BCUT2D eigenvalue weighted by Gasteiger charge is 2.40. The van der Waals surface area contributed by atoms with E-state index in [9.17, 15) is 0 Å². The van der Waals surface area contributed by atoms with Gasteiger partial charge in [-0.2, -0.15) is 0 Å². The summed E-state index contributed by atoms with van der Waals surface area (Å²) in [5, 5.41) is 5.92. The molecule has 0 atom stereocenters. The van der Waals surface area contributed by atoms with Gasteiger partial charge >= 0.3 is 0 Å². The zero-order chi connectivity index (χ0) is 19.2. The molecular weight excluding hydrogens is 370 g/mol. The number of hydrogen-bond donors (Lipinski definition) is 1. The van der Waals surface area contributed by atoms with E-state index in [-0.39, 0.29) is 5.54 Å². The van der Waals surface area contributed by atoms with E-state index in [4.69, 9.17) is 4.74 Å². The molecule has 3 saturated heterocycles. The number of rotatable bonds is 5. The minimum atomic E-state index is 0.242. The van der Waals surface area contributed by atoms with Gasteiger partial charge in [0.25, 0.3) is 0 Å². The van der Waals surface area contributed by atoms with Gasteiger partial charge in [-0.05, 0) is 50.2 Å². The van der Waals surface area contributed by atoms with Crippen LogP contribution in [-0.4, -0.2) is 92.3 Å². The first-order valence-corrected chi connectivity index (χ1v) is 11.7. The lowest BCUT2D eigenvalue weighted by Crippen LogP contribution is -2.60. The third-order valence-electron chi connectivity index (χ3n) is 6.62. The summed E-state index contributed by atoms with van der Waals surface area (Å²) in [6, 6.07) is 4.39. The average molecular weight is 406 g/mol. The van der Waals surface area contributed by atoms with Crippen molar-refractivity contribution in [2.24, 2.45) is 4.99 Å². The molecule has 1 aromatic heterocycles. The van der Waals surface area contributed by atoms with Crippen LogP contribution in [0.5, 0.6) is 0 Å². The third kappa shape index (κ3) is 4.70. The van der Waals surface area contributed by atoms with Crippen molar-refractivity contribution in [3.05, 3.63) is 22.4 Å². The summed E-state index contributed by atoms with van der Waals surface area (Å²) >= 11 is 1.86. The number of guanidine groups is 1. The van der Waals surface area contributed by atoms with Crippen molar-refractivity contribution in [2.75, 3.05) is 66.1 Å². The van der Waals surface area contributed by atoms with Crippen LogP contribution in [0, 0.1) is 0 Å². The maximum Gasteiger partial charge on any atom is 0.193 e. The Bertz CT molecular complexity index is 615. The highest BCUT2D eigenvalue weighted by atomic mass is 32.1. The van der Waals surface area contributed by atoms with E-state index in [1.807, 2.05) is 18.4 Å². The second-order valence-electron chi connectivity index (χ2n) is 8.27. The van der Waals surface area contributed by atoms with E-state index in [0.29, 0.717) is 0 Å². The molecular formula is C21H35N5OS. The lowest BCUT2D eigenvalue weighted by molar-refractivity contribution is -0.0167. The van der Waals surface area contributed by atoms with Crippen molar-refractivity contribution in [2.45, 2.75) is 37.8 Å². The number of nitrogens with zero attached hydrogens (tertiary/aromatic N) is 4. The van der Waals surface area contributed by atoms with Crippen LogP contribution in [0.25, 0.3) is 0 Å². The SMILES string of the molecule is CN=C(NCC1(N2CCCC2)CCOCC1)N1CCN(Cc2cccs2)CC1. The molecule has 0 amide bonds. The Kier molecular flexibility index (Phi) is 6.88. The van der Waals surface area contributed by atoms with Gasteiger partial charge in [0.15, 0.2) is 5.96 Å². The summed E-state index contributed by atoms with van der Waals surface area (Å²) in [7, 11) is 1.92. The molecule has 7 heteroatoms. The fraction of sp³-hybridized carbons (Fsp3) is 0.762. The second-order valence-corrected chi connectivity index (χ2v) is 9.31. The van der Waals surface area contributed by atoms with E-state index in [2.05, 4.69) is 42.5 Å². The molecule has 4 rings (SSSR count). The van der Waals surface area contributed by atoms with Crippen LogP contribution in [0.2, 0.25) is 0 Å². The van der Waals surface area contributed by atoms with Gasteiger partial charge in [0.05, 0.1) is 0 Å². The van der Waals surface area contributed by atoms with Crippen molar-refractivity contribution < 1.29 is 4.74 Å². The van der Waals surface area contributed by atoms with Gasteiger partial charge in [-0.3, -0.25) is 14.8 Å². The molecule has 3 fully saturated rings. The minimum Gasteiger partial charge on any atom is -0.381 e. The van der Waals surface area contributed by atoms with E-state index >= 15 is 0 Å². The zero-order valence-corrected chi connectivity index (χ0v) is 18.1. The summed E-state index contributed by atoms with van der Waals surface area (Å²) in [6.45, 7) is 10.6. The maximum absolute atomic E-state index is 5.69. The Labute approximate surface area is 173 Å². The quantitative estimate of drug-likeness (QED) is 0.600. The predicted octanol–water partition coefficient (Wildman–Crippen LogP) is 2.09. The average Bonchev–Trinajstić information content (AvgIpc) is 3.45. The number of aliphatic imine (C=N–C) groups is 1. The van der Waals surface area contributed by atoms with Gasteiger partial charge in [0, 0.05) is 69.9 Å². The molecule has 3 aliphatic rings. The number of piperazine rings is 1. The standard InChI is InChI=1S/C21H35N5OS/c1-22-20(25-12-10-24(11-13-25)17-19-5-4-16-28-19)23-18-21(6-14-27-15-7-21)26-8-2-3-9-26/h4-5,16H,2-3,6-15,17-18H2,1H3,(H,22,23). The number of hydrogen-bond acceptors (Lipinski definition) is 5. The van der Waals surface area contributed by atoms with Crippen LogP contribution in [0.3, 0.4) is 0 Å². The molecule has 1 aromatic rings. The van der Waals surface area contributed by atoms with Crippen LogP contribution in [-0.2, 0) is 11.3 Å². The third-order valence-corrected chi connectivity index (χ3v) is 7.48. The molecule has 28 heavy (non-hydrogen) atoms. The number of nitrogens with one attached hydrogen (secondary N) is 1. The molecule has 0 aliphatic carbocycles. The fourth-order valence-electron chi connectivity index (χ4n) is 4.86. The van der Waals surface area contributed by atoms with Crippen molar-refractivity contribution in [1.82, 2.24) is 20.0 Å². The zero-order valence-electron chi connectivity index (χ0n) is 17.2. The molecule has 3 aliphatic heterocycles.